The van der Waals surface area contributed by atoms with Crippen molar-refractivity contribution in [2.24, 2.45) is 0 Å². The van der Waals surface area contributed by atoms with Gasteiger partial charge in [0.2, 0.25) is 0 Å². The third-order valence-electron chi connectivity index (χ3n) is 2.80. The first kappa shape index (κ1) is 14.5. The highest BCUT2D eigenvalue weighted by atomic mass is 32.1. The van der Waals surface area contributed by atoms with E-state index in [4.69, 9.17) is 12.2 Å². The maximum atomic E-state index is 12.2. The Morgan fingerprint density at radius 1 is 1.20 bits per heavy atom. The van der Waals surface area contributed by atoms with Crippen LogP contribution in [0, 0.1) is 6.92 Å². The van der Waals surface area contributed by atoms with Gasteiger partial charge in [0.1, 0.15) is 0 Å². The third-order valence-corrected chi connectivity index (χ3v) is 4.02. The summed E-state index contributed by atoms with van der Waals surface area (Å²) in [6.07, 6.45) is 0. The van der Waals surface area contributed by atoms with E-state index in [2.05, 4.69) is 16.2 Å². The standard InChI is InChI=1S/C14H15N3OS2/c1-9-12(10-6-4-3-5-7-10)11(8-20-9)13(18)16-17-14(19)15-2/h3-8H,1-2H3,(H,16,18)(H2,15,17,19). The minimum absolute atomic E-state index is 0.203. The second-order valence-corrected chi connectivity index (χ2v) is 5.60. The number of nitrogens with one attached hydrogen (secondary N) is 3. The van der Waals surface area contributed by atoms with Gasteiger partial charge >= 0.3 is 0 Å². The predicted molar refractivity (Wildman–Crippen MR) is 86.8 cm³/mol. The van der Waals surface area contributed by atoms with Gasteiger partial charge in [-0.25, -0.2) is 0 Å². The van der Waals surface area contributed by atoms with Crippen LogP contribution in [0.25, 0.3) is 11.1 Å². The number of amides is 1. The van der Waals surface area contributed by atoms with E-state index in [1.165, 1.54) is 0 Å². The Kier molecular flexibility index (Phi) is 4.70. The predicted octanol–water partition coefficient (Wildman–Crippen LogP) is 2.46. The van der Waals surface area contributed by atoms with Crippen LogP contribution in [-0.2, 0) is 0 Å². The number of thiocarbonyl (C=S) groups is 1. The Morgan fingerprint density at radius 3 is 2.55 bits per heavy atom. The van der Waals surface area contributed by atoms with Crippen LogP contribution in [-0.4, -0.2) is 18.1 Å². The zero-order chi connectivity index (χ0) is 14.5. The number of carbonyl (C=O) groups excluding carboxylic acids is 1. The fourth-order valence-electron chi connectivity index (χ4n) is 1.83. The Morgan fingerprint density at radius 2 is 1.90 bits per heavy atom. The summed E-state index contributed by atoms with van der Waals surface area (Å²) in [4.78, 5) is 13.3. The largest absolute Gasteiger partial charge is 0.364 e. The molecule has 0 aliphatic rings. The molecule has 0 fully saturated rings. The van der Waals surface area contributed by atoms with Gasteiger partial charge in [0.25, 0.3) is 5.91 Å². The van der Waals surface area contributed by atoms with Gasteiger partial charge in [-0.1, -0.05) is 30.3 Å². The molecule has 0 unspecified atom stereocenters. The Labute approximate surface area is 127 Å². The van der Waals surface area contributed by atoms with Gasteiger partial charge < -0.3 is 5.32 Å². The molecule has 1 aromatic heterocycles. The topological polar surface area (TPSA) is 53.2 Å². The van der Waals surface area contributed by atoms with Crippen LogP contribution in [0.2, 0.25) is 0 Å². The molecule has 0 saturated carbocycles. The number of hydrogen-bond acceptors (Lipinski definition) is 3. The minimum atomic E-state index is -0.203. The SMILES string of the molecule is CNC(=S)NNC(=O)c1csc(C)c1-c1ccccc1. The number of hydrogen-bond donors (Lipinski definition) is 3. The van der Waals surface area contributed by atoms with Crippen LogP contribution in [0.3, 0.4) is 0 Å². The Hall–Kier alpha value is -1.92. The van der Waals surface area contributed by atoms with Crippen molar-refractivity contribution in [2.45, 2.75) is 6.92 Å². The molecule has 1 aromatic carbocycles. The summed E-state index contributed by atoms with van der Waals surface area (Å²) in [6, 6.07) is 9.87. The smallest absolute Gasteiger partial charge is 0.271 e. The van der Waals surface area contributed by atoms with Crippen molar-refractivity contribution in [3.8, 4) is 11.1 Å². The summed E-state index contributed by atoms with van der Waals surface area (Å²) >= 11 is 6.48. The van der Waals surface area contributed by atoms with E-state index in [1.54, 1.807) is 18.4 Å². The molecule has 0 spiro atoms. The van der Waals surface area contributed by atoms with Gasteiger partial charge in [-0.2, -0.15) is 0 Å². The molecule has 3 N–H and O–H groups in total. The van der Waals surface area contributed by atoms with Crippen LogP contribution in [0.1, 0.15) is 15.2 Å². The molecule has 6 heteroatoms. The van der Waals surface area contributed by atoms with Crippen molar-refractivity contribution in [3.63, 3.8) is 0 Å². The quantitative estimate of drug-likeness (QED) is 0.589. The lowest BCUT2D eigenvalue weighted by Crippen LogP contribution is -2.45. The lowest BCUT2D eigenvalue weighted by Gasteiger charge is -2.10. The van der Waals surface area contributed by atoms with Crippen molar-refractivity contribution >= 4 is 34.6 Å². The van der Waals surface area contributed by atoms with Gasteiger partial charge in [0.15, 0.2) is 5.11 Å². The molecule has 0 bridgehead atoms. The van der Waals surface area contributed by atoms with E-state index in [1.807, 2.05) is 42.6 Å². The second-order valence-electron chi connectivity index (χ2n) is 4.10. The average Bonchev–Trinajstić information content (AvgIpc) is 2.87. The van der Waals surface area contributed by atoms with Crippen molar-refractivity contribution < 1.29 is 4.79 Å². The zero-order valence-electron chi connectivity index (χ0n) is 11.2. The molecule has 104 valence electrons. The van der Waals surface area contributed by atoms with Crippen molar-refractivity contribution in [3.05, 3.63) is 46.2 Å². The molecular weight excluding hydrogens is 290 g/mol. The first-order chi connectivity index (χ1) is 9.63. The highest BCUT2D eigenvalue weighted by Crippen LogP contribution is 2.32. The summed E-state index contributed by atoms with van der Waals surface area (Å²) in [5.74, 6) is -0.203. The van der Waals surface area contributed by atoms with Gasteiger partial charge in [0, 0.05) is 22.9 Å². The number of rotatable bonds is 2. The fourth-order valence-corrected chi connectivity index (χ4v) is 2.75. The van der Waals surface area contributed by atoms with E-state index >= 15 is 0 Å². The average molecular weight is 305 g/mol. The van der Waals surface area contributed by atoms with Crippen LogP contribution >= 0.6 is 23.6 Å². The molecule has 4 nitrogen and oxygen atoms in total. The number of aryl methyl sites for hydroxylation is 1. The summed E-state index contributed by atoms with van der Waals surface area (Å²) in [5.41, 5.74) is 7.87. The molecule has 0 radical (unpaired) electrons. The highest BCUT2D eigenvalue weighted by Gasteiger charge is 2.16. The summed E-state index contributed by atoms with van der Waals surface area (Å²) in [7, 11) is 1.69. The van der Waals surface area contributed by atoms with Crippen LogP contribution in [0.15, 0.2) is 35.7 Å². The van der Waals surface area contributed by atoms with Crippen LogP contribution < -0.4 is 16.2 Å². The molecule has 20 heavy (non-hydrogen) atoms. The molecule has 1 amide bonds. The van der Waals surface area contributed by atoms with Crippen LogP contribution in [0.4, 0.5) is 0 Å². The summed E-state index contributed by atoms with van der Waals surface area (Å²) in [5, 5.41) is 4.96. The van der Waals surface area contributed by atoms with Gasteiger partial charge in [0.05, 0.1) is 5.56 Å². The number of carbonyl (C=O) groups is 1. The van der Waals surface area contributed by atoms with Gasteiger partial charge in [-0.15, -0.1) is 11.3 Å². The molecular formula is C14H15N3OS2. The molecule has 0 saturated heterocycles. The van der Waals surface area contributed by atoms with E-state index in [0.29, 0.717) is 10.7 Å². The monoisotopic (exact) mass is 305 g/mol. The second kappa shape index (κ2) is 6.49. The zero-order valence-corrected chi connectivity index (χ0v) is 12.8. The number of benzene rings is 1. The van der Waals surface area contributed by atoms with Crippen molar-refractivity contribution in [2.75, 3.05) is 7.05 Å². The molecule has 0 aliphatic carbocycles. The highest BCUT2D eigenvalue weighted by molar-refractivity contribution is 7.80. The molecule has 0 atom stereocenters. The Bertz CT molecular complexity index is 623. The summed E-state index contributed by atoms with van der Waals surface area (Å²) < 4.78 is 0. The summed E-state index contributed by atoms with van der Waals surface area (Å²) in [6.45, 7) is 2.01. The molecule has 2 rings (SSSR count). The third kappa shape index (κ3) is 3.15. The van der Waals surface area contributed by atoms with E-state index in [9.17, 15) is 4.79 Å². The maximum Gasteiger partial charge on any atom is 0.271 e. The van der Waals surface area contributed by atoms with Crippen molar-refractivity contribution in [1.29, 1.82) is 0 Å². The first-order valence-corrected chi connectivity index (χ1v) is 7.34. The minimum Gasteiger partial charge on any atom is -0.364 e. The van der Waals surface area contributed by atoms with Gasteiger partial charge in [-0.3, -0.25) is 15.6 Å². The van der Waals surface area contributed by atoms with E-state index in [-0.39, 0.29) is 5.91 Å². The van der Waals surface area contributed by atoms with Gasteiger partial charge in [-0.05, 0) is 24.7 Å². The number of hydrazine groups is 1. The lowest BCUT2D eigenvalue weighted by atomic mass is 10.0. The van der Waals surface area contributed by atoms with E-state index in [0.717, 1.165) is 16.0 Å². The normalized spacial score (nSPS) is 9.90. The fraction of sp³-hybridized carbons (Fsp3) is 0.143. The molecule has 1 heterocycles. The van der Waals surface area contributed by atoms with E-state index < -0.39 is 0 Å². The lowest BCUT2D eigenvalue weighted by molar-refractivity contribution is 0.0945. The van der Waals surface area contributed by atoms with Crippen LogP contribution in [0.5, 0.6) is 0 Å². The molecule has 0 aliphatic heterocycles. The van der Waals surface area contributed by atoms with Crippen molar-refractivity contribution in [1.82, 2.24) is 16.2 Å². The molecule has 2 aromatic rings. The first-order valence-electron chi connectivity index (χ1n) is 6.05. The maximum absolute atomic E-state index is 12.2. The Balaban J connectivity index is 2.25. The number of thiophene rings is 1.